The minimum absolute atomic E-state index is 0.0465. The molecule has 0 unspecified atom stereocenters. The highest BCUT2D eigenvalue weighted by Crippen LogP contribution is 2.24. The van der Waals surface area contributed by atoms with Crippen molar-refractivity contribution in [2.24, 2.45) is 0 Å². The molecule has 0 radical (unpaired) electrons. The maximum Gasteiger partial charge on any atom is 0.389 e. The summed E-state index contributed by atoms with van der Waals surface area (Å²) >= 11 is 0. The Morgan fingerprint density at radius 2 is 1.93 bits per heavy atom. The highest BCUT2D eigenvalue weighted by Gasteiger charge is 2.27. The van der Waals surface area contributed by atoms with E-state index in [1.165, 1.54) is 6.92 Å². The number of Topliss-reactive ketones (excluding diaryl/α,β-unsaturated/α-hetero) is 2. The van der Waals surface area contributed by atoms with Crippen molar-refractivity contribution in [2.45, 2.75) is 32.4 Å². The lowest BCUT2D eigenvalue weighted by atomic mass is 10.0. The summed E-state index contributed by atoms with van der Waals surface area (Å²) in [5.41, 5.74) is 3.38. The number of fused-ring (bicyclic) bond motifs is 1. The Morgan fingerprint density at radius 3 is 2.63 bits per heavy atom. The molecular formula is C20H17F3N2O2. The molecule has 0 aliphatic heterocycles. The van der Waals surface area contributed by atoms with Crippen molar-refractivity contribution in [3.05, 3.63) is 59.9 Å². The predicted octanol–water partition coefficient (Wildman–Crippen LogP) is 4.66. The number of alkyl halides is 3. The van der Waals surface area contributed by atoms with Crippen LogP contribution in [0, 0.1) is 0 Å². The van der Waals surface area contributed by atoms with E-state index in [-0.39, 0.29) is 12.2 Å². The molecule has 0 aliphatic rings. The molecule has 0 spiro atoms. The van der Waals surface area contributed by atoms with Crippen LogP contribution in [0.3, 0.4) is 0 Å². The highest BCUT2D eigenvalue weighted by atomic mass is 19.4. The Kier molecular flexibility index (Phi) is 5.12. The summed E-state index contributed by atoms with van der Waals surface area (Å²) in [7, 11) is 0. The van der Waals surface area contributed by atoms with Crippen LogP contribution in [0.4, 0.5) is 13.2 Å². The van der Waals surface area contributed by atoms with Crippen LogP contribution < -0.4 is 0 Å². The number of imidazole rings is 1. The molecule has 27 heavy (non-hydrogen) atoms. The number of rotatable bonds is 6. The number of hydrogen-bond acceptors (Lipinski definition) is 3. The molecule has 0 atom stereocenters. The van der Waals surface area contributed by atoms with E-state index < -0.39 is 24.8 Å². The number of benzene rings is 1. The molecular weight excluding hydrogens is 357 g/mol. The molecule has 0 N–H and O–H groups in total. The topological polar surface area (TPSA) is 51.4 Å². The van der Waals surface area contributed by atoms with Gasteiger partial charge in [0.15, 0.2) is 5.78 Å². The van der Waals surface area contributed by atoms with Crippen LogP contribution in [0.25, 0.3) is 16.9 Å². The fourth-order valence-electron chi connectivity index (χ4n) is 2.85. The van der Waals surface area contributed by atoms with Gasteiger partial charge >= 0.3 is 6.18 Å². The van der Waals surface area contributed by atoms with Gasteiger partial charge in [-0.3, -0.25) is 14.0 Å². The van der Waals surface area contributed by atoms with Crippen molar-refractivity contribution < 1.29 is 22.8 Å². The van der Waals surface area contributed by atoms with E-state index in [1.54, 1.807) is 42.7 Å². The Morgan fingerprint density at radius 1 is 1.15 bits per heavy atom. The molecule has 1 aromatic carbocycles. The van der Waals surface area contributed by atoms with Crippen molar-refractivity contribution in [3.63, 3.8) is 0 Å². The quantitative estimate of drug-likeness (QED) is 0.590. The lowest BCUT2D eigenvalue weighted by molar-refractivity contribution is -0.143. The minimum atomic E-state index is -4.33. The summed E-state index contributed by atoms with van der Waals surface area (Å²) in [6.07, 6.45) is -2.59. The Hall–Kier alpha value is -2.96. The number of ketones is 2. The molecule has 0 amide bonds. The van der Waals surface area contributed by atoms with E-state index in [0.717, 1.165) is 11.3 Å². The van der Waals surface area contributed by atoms with Gasteiger partial charge in [0.25, 0.3) is 0 Å². The molecule has 2 heterocycles. The number of halogens is 3. The standard InChI is InChI=1S/C20H17F3N2O2/c1-13(26)15-6-8-25-18(12-24-19(25)11-15)16-4-2-3-14(9-16)10-17(27)5-7-20(21,22)23/h2-4,6,8-9,11-12H,5,7,10H2,1H3. The van der Waals surface area contributed by atoms with Crippen LogP contribution in [-0.2, 0) is 11.2 Å². The lowest BCUT2D eigenvalue weighted by Crippen LogP contribution is -2.12. The number of carbonyl (C=O) groups is 2. The maximum absolute atomic E-state index is 12.2. The summed E-state index contributed by atoms with van der Waals surface area (Å²) in [5.74, 6) is -0.505. The summed E-state index contributed by atoms with van der Waals surface area (Å²) in [6, 6.07) is 10.5. The molecule has 0 aliphatic carbocycles. The number of carbonyl (C=O) groups excluding carboxylic acids is 2. The van der Waals surface area contributed by atoms with Crippen molar-refractivity contribution in [2.75, 3.05) is 0 Å². The minimum Gasteiger partial charge on any atom is -0.300 e. The normalized spacial score (nSPS) is 11.7. The zero-order valence-electron chi connectivity index (χ0n) is 14.6. The SMILES string of the molecule is CC(=O)c1ccn2c(-c3cccc(CC(=O)CCC(F)(F)F)c3)cnc2c1. The first-order valence-corrected chi connectivity index (χ1v) is 8.39. The smallest absolute Gasteiger partial charge is 0.300 e. The highest BCUT2D eigenvalue weighted by molar-refractivity contribution is 5.95. The van der Waals surface area contributed by atoms with Gasteiger partial charge in [-0.1, -0.05) is 18.2 Å². The van der Waals surface area contributed by atoms with E-state index in [4.69, 9.17) is 0 Å². The van der Waals surface area contributed by atoms with Crippen molar-refractivity contribution in [3.8, 4) is 11.3 Å². The van der Waals surface area contributed by atoms with Gasteiger partial charge in [0, 0.05) is 30.2 Å². The van der Waals surface area contributed by atoms with E-state index in [2.05, 4.69) is 4.98 Å². The number of hydrogen-bond donors (Lipinski definition) is 0. The van der Waals surface area contributed by atoms with Gasteiger partial charge in [0.05, 0.1) is 18.3 Å². The van der Waals surface area contributed by atoms with Gasteiger partial charge in [-0.05, 0) is 30.7 Å². The first-order chi connectivity index (χ1) is 12.7. The molecule has 140 valence electrons. The molecule has 3 rings (SSSR count). The van der Waals surface area contributed by atoms with E-state index in [9.17, 15) is 22.8 Å². The van der Waals surface area contributed by atoms with Crippen LogP contribution in [0.1, 0.15) is 35.7 Å². The van der Waals surface area contributed by atoms with Crippen LogP contribution in [0.15, 0.2) is 48.8 Å². The van der Waals surface area contributed by atoms with Crippen LogP contribution in [0.5, 0.6) is 0 Å². The van der Waals surface area contributed by atoms with Crippen molar-refractivity contribution >= 4 is 17.2 Å². The monoisotopic (exact) mass is 374 g/mol. The van der Waals surface area contributed by atoms with Gasteiger partial charge in [-0.15, -0.1) is 0 Å². The van der Waals surface area contributed by atoms with Gasteiger partial charge in [-0.25, -0.2) is 4.98 Å². The van der Waals surface area contributed by atoms with E-state index in [1.807, 2.05) is 10.5 Å². The van der Waals surface area contributed by atoms with Crippen molar-refractivity contribution in [1.29, 1.82) is 0 Å². The molecule has 0 fully saturated rings. The zero-order valence-corrected chi connectivity index (χ0v) is 14.6. The molecule has 2 aromatic heterocycles. The molecule has 0 saturated heterocycles. The summed E-state index contributed by atoms with van der Waals surface area (Å²) in [4.78, 5) is 27.6. The summed E-state index contributed by atoms with van der Waals surface area (Å²) < 4.78 is 38.6. The average molecular weight is 374 g/mol. The second kappa shape index (κ2) is 7.34. The van der Waals surface area contributed by atoms with Gasteiger partial charge in [-0.2, -0.15) is 13.2 Å². The van der Waals surface area contributed by atoms with Crippen LogP contribution in [-0.4, -0.2) is 27.1 Å². The van der Waals surface area contributed by atoms with E-state index in [0.29, 0.717) is 16.8 Å². The van der Waals surface area contributed by atoms with Gasteiger partial charge in [0.2, 0.25) is 0 Å². The first kappa shape index (κ1) is 18.8. The number of nitrogens with zero attached hydrogens (tertiary/aromatic N) is 2. The lowest BCUT2D eigenvalue weighted by Gasteiger charge is -2.07. The summed E-state index contributed by atoms with van der Waals surface area (Å²) in [6.45, 7) is 1.48. The Bertz CT molecular complexity index is 1010. The Labute approximate surface area is 153 Å². The predicted molar refractivity (Wildman–Crippen MR) is 94.6 cm³/mol. The second-order valence-corrected chi connectivity index (χ2v) is 6.37. The molecule has 7 heteroatoms. The zero-order chi connectivity index (χ0) is 19.6. The first-order valence-electron chi connectivity index (χ1n) is 8.39. The third-order valence-electron chi connectivity index (χ3n) is 4.23. The fraction of sp³-hybridized carbons (Fsp3) is 0.250. The molecule has 4 nitrogen and oxygen atoms in total. The third kappa shape index (κ3) is 4.61. The molecule has 0 bridgehead atoms. The van der Waals surface area contributed by atoms with Crippen LogP contribution >= 0.6 is 0 Å². The maximum atomic E-state index is 12.2. The van der Waals surface area contributed by atoms with Gasteiger partial charge < -0.3 is 0 Å². The third-order valence-corrected chi connectivity index (χ3v) is 4.23. The number of pyridine rings is 1. The average Bonchev–Trinajstić information content (AvgIpc) is 3.03. The molecule has 3 aromatic rings. The molecule has 0 saturated carbocycles. The van der Waals surface area contributed by atoms with Gasteiger partial charge in [0.1, 0.15) is 11.4 Å². The van der Waals surface area contributed by atoms with E-state index >= 15 is 0 Å². The largest absolute Gasteiger partial charge is 0.389 e. The number of aromatic nitrogens is 2. The Balaban J connectivity index is 1.82. The van der Waals surface area contributed by atoms with Crippen LogP contribution in [0.2, 0.25) is 0 Å². The summed E-state index contributed by atoms with van der Waals surface area (Å²) in [5, 5.41) is 0. The second-order valence-electron chi connectivity index (χ2n) is 6.37. The van der Waals surface area contributed by atoms with Crippen molar-refractivity contribution in [1.82, 2.24) is 9.38 Å². The fourth-order valence-corrected chi connectivity index (χ4v) is 2.85.